The van der Waals surface area contributed by atoms with Crippen LogP contribution in [0.3, 0.4) is 0 Å². The third-order valence-corrected chi connectivity index (χ3v) is 5.62. The zero-order chi connectivity index (χ0) is 18.7. The van der Waals surface area contributed by atoms with Gasteiger partial charge in [0.15, 0.2) is 12.1 Å². The SMILES string of the molecule is CNC(=O)c1ncoc1C1C2CC1N(C(=O)c1cc(F)cc3[nH]cnc13)C2. The molecule has 6 rings (SSSR count). The maximum Gasteiger partial charge on any atom is 0.273 e. The topological polar surface area (TPSA) is 104 Å². The van der Waals surface area contributed by atoms with E-state index in [1.54, 1.807) is 4.90 Å². The number of nitrogens with one attached hydrogen (secondary N) is 2. The molecule has 2 amide bonds. The first-order chi connectivity index (χ1) is 13.1. The zero-order valence-corrected chi connectivity index (χ0v) is 14.4. The van der Waals surface area contributed by atoms with Crippen LogP contribution in [0, 0.1) is 11.7 Å². The monoisotopic (exact) mass is 369 g/mol. The van der Waals surface area contributed by atoms with E-state index in [0.717, 1.165) is 6.42 Å². The Bertz CT molecular complexity index is 1070. The van der Waals surface area contributed by atoms with E-state index >= 15 is 0 Å². The number of imidazole rings is 1. The zero-order valence-electron chi connectivity index (χ0n) is 14.4. The third kappa shape index (κ3) is 2.20. The molecule has 0 spiro atoms. The van der Waals surface area contributed by atoms with Gasteiger partial charge in [-0.25, -0.2) is 14.4 Å². The number of amides is 2. The van der Waals surface area contributed by atoms with E-state index in [0.29, 0.717) is 23.3 Å². The number of halogens is 1. The minimum absolute atomic E-state index is 0.0769. The highest BCUT2D eigenvalue weighted by molar-refractivity contribution is 6.05. The lowest BCUT2D eigenvalue weighted by atomic mass is 9.72. The van der Waals surface area contributed by atoms with E-state index in [2.05, 4.69) is 20.3 Å². The molecule has 1 saturated carbocycles. The van der Waals surface area contributed by atoms with Crippen LogP contribution >= 0.6 is 0 Å². The molecule has 3 aromatic rings. The number of hydrogen-bond donors (Lipinski definition) is 2. The molecule has 2 saturated heterocycles. The first kappa shape index (κ1) is 16.0. The smallest absolute Gasteiger partial charge is 0.273 e. The highest BCUT2D eigenvalue weighted by Gasteiger charge is 2.56. The van der Waals surface area contributed by atoms with Crippen LogP contribution < -0.4 is 5.32 Å². The fourth-order valence-electron chi connectivity index (χ4n) is 4.35. The summed E-state index contributed by atoms with van der Waals surface area (Å²) in [4.78, 5) is 37.9. The number of nitrogens with zero attached hydrogens (tertiary/aromatic N) is 3. The summed E-state index contributed by atoms with van der Waals surface area (Å²) in [5.74, 6) is -0.440. The van der Waals surface area contributed by atoms with Gasteiger partial charge in [-0.1, -0.05) is 0 Å². The van der Waals surface area contributed by atoms with Crippen molar-refractivity contribution in [3.8, 4) is 0 Å². The number of carbonyl (C=O) groups excluding carboxylic acids is 2. The van der Waals surface area contributed by atoms with Gasteiger partial charge in [-0.3, -0.25) is 9.59 Å². The molecule has 2 aromatic heterocycles. The summed E-state index contributed by atoms with van der Waals surface area (Å²) in [6, 6.07) is 2.44. The van der Waals surface area contributed by atoms with Crippen molar-refractivity contribution in [1.29, 1.82) is 0 Å². The summed E-state index contributed by atoms with van der Waals surface area (Å²) in [5, 5.41) is 2.55. The van der Waals surface area contributed by atoms with Gasteiger partial charge in [0.25, 0.3) is 11.8 Å². The van der Waals surface area contributed by atoms with Crippen molar-refractivity contribution in [2.45, 2.75) is 18.4 Å². The maximum atomic E-state index is 13.9. The lowest BCUT2D eigenvalue weighted by Gasteiger charge is -2.35. The van der Waals surface area contributed by atoms with E-state index in [9.17, 15) is 14.0 Å². The number of hydrogen-bond acceptors (Lipinski definition) is 5. The van der Waals surface area contributed by atoms with Crippen LogP contribution in [0.5, 0.6) is 0 Å². The summed E-state index contributed by atoms with van der Waals surface area (Å²) < 4.78 is 19.4. The van der Waals surface area contributed by atoms with Crippen molar-refractivity contribution < 1.29 is 18.4 Å². The number of rotatable bonds is 3. The normalized spacial score (nSPS) is 23.5. The van der Waals surface area contributed by atoms with Gasteiger partial charge in [0, 0.05) is 25.6 Å². The number of aromatic nitrogens is 3. The molecule has 3 unspecified atom stereocenters. The van der Waals surface area contributed by atoms with Crippen molar-refractivity contribution in [2.75, 3.05) is 13.6 Å². The summed E-state index contributed by atoms with van der Waals surface area (Å²) in [6.07, 6.45) is 3.52. The largest absolute Gasteiger partial charge is 0.447 e. The van der Waals surface area contributed by atoms with Crippen molar-refractivity contribution >= 4 is 22.8 Å². The molecule has 8 nitrogen and oxygen atoms in total. The first-order valence-electron chi connectivity index (χ1n) is 8.67. The standard InChI is InChI=1S/C18H16FN5O3/c1-20-17(25)15-16(27-7-23-15)13-8-2-12(13)24(5-8)18(26)10-3-9(19)4-11-14(10)22-6-21-11/h3-4,6-8,12-13H,2,5H2,1H3,(H,20,25)(H,21,22). The van der Waals surface area contributed by atoms with Gasteiger partial charge in [-0.15, -0.1) is 0 Å². The van der Waals surface area contributed by atoms with Crippen LogP contribution in [0.25, 0.3) is 11.0 Å². The highest BCUT2D eigenvalue weighted by atomic mass is 19.1. The van der Waals surface area contributed by atoms with Gasteiger partial charge >= 0.3 is 0 Å². The number of fused-ring (bicyclic) bond motifs is 2. The third-order valence-electron chi connectivity index (χ3n) is 5.62. The number of H-pyrrole nitrogens is 1. The van der Waals surface area contributed by atoms with Crippen LogP contribution in [0.15, 0.2) is 29.3 Å². The predicted molar refractivity (Wildman–Crippen MR) is 91.6 cm³/mol. The Morgan fingerprint density at radius 3 is 3.04 bits per heavy atom. The molecule has 27 heavy (non-hydrogen) atoms. The number of aromatic amines is 1. The van der Waals surface area contributed by atoms with E-state index in [1.807, 2.05) is 0 Å². The lowest BCUT2D eigenvalue weighted by molar-refractivity contribution is 0.0731. The van der Waals surface area contributed by atoms with E-state index in [1.165, 1.54) is 31.9 Å². The van der Waals surface area contributed by atoms with Crippen LogP contribution in [0.2, 0.25) is 0 Å². The molecule has 2 aliphatic heterocycles. The second kappa shape index (κ2) is 5.63. The Balaban J connectivity index is 1.47. The molecule has 4 heterocycles. The van der Waals surface area contributed by atoms with Crippen LogP contribution in [0.4, 0.5) is 4.39 Å². The van der Waals surface area contributed by atoms with Crippen molar-refractivity contribution in [3.63, 3.8) is 0 Å². The van der Waals surface area contributed by atoms with Gasteiger partial charge in [-0.2, -0.15) is 0 Å². The number of benzene rings is 1. The second-order valence-corrected chi connectivity index (χ2v) is 6.94. The Hall–Kier alpha value is -3.23. The van der Waals surface area contributed by atoms with Gasteiger partial charge in [0.05, 0.1) is 17.4 Å². The lowest BCUT2D eigenvalue weighted by Crippen LogP contribution is -2.40. The highest BCUT2D eigenvalue weighted by Crippen LogP contribution is 2.53. The molecular weight excluding hydrogens is 353 g/mol. The Kier molecular flexibility index (Phi) is 3.33. The molecule has 138 valence electrons. The van der Waals surface area contributed by atoms with Crippen molar-refractivity contribution in [3.05, 3.63) is 47.7 Å². The average Bonchev–Trinajstić information content (AvgIpc) is 3.41. The second-order valence-electron chi connectivity index (χ2n) is 6.94. The van der Waals surface area contributed by atoms with Crippen LogP contribution in [-0.4, -0.2) is 51.3 Å². The summed E-state index contributed by atoms with van der Waals surface area (Å²) in [5.41, 5.74) is 1.43. The van der Waals surface area contributed by atoms with Crippen LogP contribution in [0.1, 0.15) is 38.9 Å². The summed E-state index contributed by atoms with van der Waals surface area (Å²) >= 11 is 0. The molecule has 3 aliphatic rings. The quantitative estimate of drug-likeness (QED) is 0.731. The fourth-order valence-corrected chi connectivity index (χ4v) is 4.35. The average molecular weight is 369 g/mol. The molecular formula is C18H16FN5O3. The number of oxazole rings is 1. The molecule has 9 heteroatoms. The van der Waals surface area contributed by atoms with E-state index in [4.69, 9.17) is 4.42 Å². The van der Waals surface area contributed by atoms with Crippen molar-refractivity contribution in [2.24, 2.45) is 5.92 Å². The molecule has 1 aromatic carbocycles. The predicted octanol–water partition coefficient (Wildman–Crippen LogP) is 1.68. The molecule has 1 aliphatic carbocycles. The maximum absolute atomic E-state index is 13.9. The molecule has 3 atom stereocenters. The van der Waals surface area contributed by atoms with Gasteiger partial charge in [-0.05, 0) is 24.5 Å². The summed E-state index contributed by atoms with van der Waals surface area (Å²) in [6.45, 7) is 0.532. The Morgan fingerprint density at radius 1 is 1.37 bits per heavy atom. The molecule has 2 N–H and O–H groups in total. The van der Waals surface area contributed by atoms with Gasteiger partial charge in [0.2, 0.25) is 0 Å². The molecule has 2 bridgehead atoms. The Labute approximate surface area is 152 Å². The molecule has 3 fully saturated rings. The van der Waals surface area contributed by atoms with Gasteiger partial charge < -0.3 is 19.6 Å². The fraction of sp³-hybridized carbons (Fsp3) is 0.333. The first-order valence-corrected chi connectivity index (χ1v) is 8.67. The van der Waals surface area contributed by atoms with Gasteiger partial charge in [0.1, 0.15) is 17.1 Å². The van der Waals surface area contributed by atoms with Crippen molar-refractivity contribution in [1.82, 2.24) is 25.2 Å². The molecule has 0 radical (unpaired) electrons. The van der Waals surface area contributed by atoms with E-state index in [-0.39, 0.29) is 40.9 Å². The minimum atomic E-state index is -0.490. The summed E-state index contributed by atoms with van der Waals surface area (Å²) in [7, 11) is 1.53. The minimum Gasteiger partial charge on any atom is -0.447 e. The Morgan fingerprint density at radius 2 is 2.22 bits per heavy atom. The number of carbonyl (C=O) groups is 2. The van der Waals surface area contributed by atoms with Crippen LogP contribution in [-0.2, 0) is 0 Å². The van der Waals surface area contributed by atoms with E-state index < -0.39 is 5.82 Å².